The minimum Gasteiger partial charge on any atom is -0.462 e. The van der Waals surface area contributed by atoms with Crippen LogP contribution in [0.15, 0.2) is 17.1 Å². The summed E-state index contributed by atoms with van der Waals surface area (Å²) < 4.78 is 42.4. The lowest BCUT2D eigenvalue weighted by Gasteiger charge is -2.35. The van der Waals surface area contributed by atoms with Crippen LogP contribution >= 0.6 is 0 Å². The highest BCUT2D eigenvalue weighted by atomic mass is 19.1. The number of carbonyl (C=O) groups is 2. The molecule has 1 saturated heterocycles. The van der Waals surface area contributed by atoms with Crippen molar-refractivity contribution in [3.05, 3.63) is 39.7 Å². The highest BCUT2D eigenvalue weighted by molar-refractivity contribution is 5.96. The highest BCUT2D eigenvalue weighted by Crippen LogP contribution is 2.31. The molecule has 3 rings (SSSR count). The maximum Gasteiger partial charge on any atom is 0.429 e. The average molecular weight is 481 g/mol. The molecule has 0 saturated carbocycles. The number of hydrogen-bond acceptors (Lipinski definition) is 7. The number of amides is 1. The Morgan fingerprint density at radius 2 is 1.76 bits per heavy atom. The quantitative estimate of drug-likeness (QED) is 0.622. The summed E-state index contributed by atoms with van der Waals surface area (Å²) in [6.07, 6.45) is 0.151. The van der Waals surface area contributed by atoms with E-state index >= 15 is 8.78 Å². The zero-order chi connectivity index (χ0) is 25.4. The number of nitrogens with zero attached hydrogens (tertiary/aromatic N) is 4. The molecule has 2 aromatic rings. The molecule has 0 atom stereocenters. The molecule has 1 aliphatic heterocycles. The third-order valence-corrected chi connectivity index (χ3v) is 5.43. The van der Waals surface area contributed by atoms with Crippen molar-refractivity contribution in [3.8, 4) is 0 Å². The van der Waals surface area contributed by atoms with Gasteiger partial charge in [0.1, 0.15) is 28.2 Å². The van der Waals surface area contributed by atoms with Gasteiger partial charge in [0.15, 0.2) is 5.82 Å². The van der Waals surface area contributed by atoms with E-state index in [1.165, 1.54) is 7.05 Å². The van der Waals surface area contributed by atoms with Gasteiger partial charge < -0.3 is 19.3 Å². The van der Waals surface area contributed by atoms with E-state index in [0.29, 0.717) is 26.2 Å². The summed E-state index contributed by atoms with van der Waals surface area (Å²) in [4.78, 5) is 41.8. The first-order valence-electron chi connectivity index (χ1n) is 11.0. The van der Waals surface area contributed by atoms with Crippen molar-refractivity contribution in [1.82, 2.24) is 9.58 Å². The zero-order valence-electron chi connectivity index (χ0n) is 20.3. The van der Waals surface area contributed by atoms with Gasteiger partial charge in [0.05, 0.1) is 12.0 Å². The fraction of sp³-hybridized carbons (Fsp3) is 0.522. The minimum absolute atomic E-state index is 0.0106. The third-order valence-electron chi connectivity index (χ3n) is 5.43. The molecule has 9 nitrogen and oxygen atoms in total. The Morgan fingerprint density at radius 1 is 1.15 bits per heavy atom. The summed E-state index contributed by atoms with van der Waals surface area (Å²) >= 11 is 0. The summed E-state index contributed by atoms with van der Waals surface area (Å²) in [6, 6.07) is 0.899. The summed E-state index contributed by atoms with van der Waals surface area (Å²) in [5, 5.41) is 0.527. The molecule has 0 radical (unpaired) electrons. The van der Waals surface area contributed by atoms with Crippen LogP contribution in [0.25, 0.3) is 10.9 Å². The van der Waals surface area contributed by atoms with Crippen molar-refractivity contribution in [2.45, 2.75) is 33.3 Å². The fourth-order valence-corrected chi connectivity index (χ4v) is 3.71. The molecule has 34 heavy (non-hydrogen) atoms. The van der Waals surface area contributed by atoms with E-state index in [-0.39, 0.29) is 17.8 Å². The molecule has 0 N–H and O–H groups in total. The van der Waals surface area contributed by atoms with E-state index in [1.807, 2.05) is 11.9 Å². The number of aromatic nitrogens is 1. The molecular formula is C23H30F2N4O5. The lowest BCUT2D eigenvalue weighted by molar-refractivity contribution is 0.0513. The number of hydrogen-bond donors (Lipinski definition) is 0. The second-order valence-electron chi connectivity index (χ2n) is 9.15. The Kier molecular flexibility index (Phi) is 7.15. The van der Waals surface area contributed by atoms with Crippen LogP contribution in [0.5, 0.6) is 0 Å². The van der Waals surface area contributed by atoms with Gasteiger partial charge in [-0.3, -0.25) is 9.47 Å². The van der Waals surface area contributed by atoms with Gasteiger partial charge in [0.2, 0.25) is 5.43 Å². The number of carbonyl (C=O) groups excluding carboxylic acids is 2. The SMILES string of the molecule is CCOC(=O)c1cn(N(C)C(=O)OC(C)(C)C)c2c(F)c(N3CCN(C)CC3)c(F)cc2c1=O. The number of anilines is 1. The molecule has 1 fully saturated rings. The normalized spacial score (nSPS) is 14.9. The fourth-order valence-electron chi connectivity index (χ4n) is 3.71. The predicted molar refractivity (Wildman–Crippen MR) is 124 cm³/mol. The number of pyridine rings is 1. The first-order valence-corrected chi connectivity index (χ1v) is 11.0. The third kappa shape index (κ3) is 4.98. The number of fused-ring (bicyclic) bond motifs is 1. The van der Waals surface area contributed by atoms with Gasteiger partial charge >= 0.3 is 12.1 Å². The number of ether oxygens (including phenoxy) is 2. The van der Waals surface area contributed by atoms with E-state index in [4.69, 9.17) is 9.47 Å². The minimum atomic E-state index is -1.01. The molecule has 0 unspecified atom stereocenters. The number of esters is 1. The Morgan fingerprint density at radius 3 is 2.32 bits per heavy atom. The van der Waals surface area contributed by atoms with Crippen LogP contribution in [0.2, 0.25) is 0 Å². The van der Waals surface area contributed by atoms with Gasteiger partial charge in [0.25, 0.3) is 0 Å². The van der Waals surface area contributed by atoms with Crippen LogP contribution < -0.4 is 15.3 Å². The van der Waals surface area contributed by atoms with E-state index in [1.54, 1.807) is 32.6 Å². The van der Waals surface area contributed by atoms with Gasteiger partial charge in [0, 0.05) is 39.4 Å². The summed E-state index contributed by atoms with van der Waals surface area (Å²) in [5.41, 5.74) is -2.86. The number of rotatable bonds is 4. The smallest absolute Gasteiger partial charge is 0.429 e. The molecule has 1 aliphatic rings. The summed E-state index contributed by atoms with van der Waals surface area (Å²) in [6.45, 7) is 8.49. The van der Waals surface area contributed by atoms with E-state index in [0.717, 1.165) is 21.9 Å². The summed E-state index contributed by atoms with van der Waals surface area (Å²) in [5.74, 6) is -2.91. The molecule has 0 bridgehead atoms. The molecule has 0 aliphatic carbocycles. The second-order valence-corrected chi connectivity index (χ2v) is 9.15. The van der Waals surface area contributed by atoms with E-state index in [9.17, 15) is 14.4 Å². The van der Waals surface area contributed by atoms with Gasteiger partial charge in [-0.15, -0.1) is 0 Å². The standard InChI is InChI=1S/C23H30F2N4O5/c1-7-33-21(31)15-13-29(27(6)22(32)34-23(2,3)4)18-14(20(15)30)12-16(24)19(17(18)25)28-10-8-26(5)9-11-28/h12-13H,7-11H2,1-6H3. The monoisotopic (exact) mass is 480 g/mol. The molecule has 186 valence electrons. The van der Waals surface area contributed by atoms with Crippen LogP contribution in [0.3, 0.4) is 0 Å². The molecule has 1 amide bonds. The van der Waals surface area contributed by atoms with Crippen molar-refractivity contribution in [2.75, 3.05) is 56.8 Å². The first kappa shape index (κ1) is 25.4. The van der Waals surface area contributed by atoms with Crippen molar-refractivity contribution < 1.29 is 27.8 Å². The van der Waals surface area contributed by atoms with Gasteiger partial charge in [-0.25, -0.2) is 23.4 Å². The molecular weight excluding hydrogens is 450 g/mol. The predicted octanol–water partition coefficient (Wildman–Crippen LogP) is 2.71. The Balaban J connectivity index is 2.28. The van der Waals surface area contributed by atoms with Crippen LogP contribution in [0.1, 0.15) is 38.1 Å². The lowest BCUT2D eigenvalue weighted by Crippen LogP contribution is -2.45. The van der Waals surface area contributed by atoms with E-state index in [2.05, 4.69) is 0 Å². The Bertz CT molecular complexity index is 1170. The van der Waals surface area contributed by atoms with Crippen molar-refractivity contribution in [2.24, 2.45) is 0 Å². The van der Waals surface area contributed by atoms with Gasteiger partial charge in [-0.1, -0.05) is 0 Å². The topological polar surface area (TPSA) is 84.3 Å². The zero-order valence-corrected chi connectivity index (χ0v) is 20.3. The lowest BCUT2D eigenvalue weighted by atomic mass is 10.1. The Labute approximate surface area is 196 Å². The van der Waals surface area contributed by atoms with Gasteiger partial charge in [-0.05, 0) is 40.8 Å². The maximum absolute atomic E-state index is 15.9. The van der Waals surface area contributed by atoms with E-state index < -0.39 is 45.7 Å². The highest BCUT2D eigenvalue weighted by Gasteiger charge is 2.30. The summed E-state index contributed by atoms with van der Waals surface area (Å²) in [7, 11) is 3.21. The van der Waals surface area contributed by atoms with Crippen LogP contribution in [0.4, 0.5) is 19.3 Å². The van der Waals surface area contributed by atoms with Crippen molar-refractivity contribution in [3.63, 3.8) is 0 Å². The molecule has 0 spiro atoms. The van der Waals surface area contributed by atoms with Crippen LogP contribution in [0, 0.1) is 11.6 Å². The van der Waals surface area contributed by atoms with Crippen LogP contribution in [-0.2, 0) is 9.47 Å². The number of benzene rings is 1. The average Bonchev–Trinajstić information content (AvgIpc) is 2.74. The molecule has 1 aromatic carbocycles. The van der Waals surface area contributed by atoms with Crippen molar-refractivity contribution in [1.29, 1.82) is 0 Å². The maximum atomic E-state index is 15.9. The molecule has 2 heterocycles. The molecule has 1 aromatic heterocycles. The molecule has 11 heteroatoms. The second kappa shape index (κ2) is 9.57. The number of halogens is 2. The van der Waals surface area contributed by atoms with Gasteiger partial charge in [-0.2, -0.15) is 0 Å². The van der Waals surface area contributed by atoms with Crippen molar-refractivity contribution >= 4 is 28.7 Å². The number of likely N-dealkylation sites (N-methyl/N-ethyl adjacent to an activating group) is 1. The first-order chi connectivity index (χ1) is 15.9. The largest absolute Gasteiger partial charge is 0.462 e. The van der Waals surface area contributed by atoms with Crippen LogP contribution in [-0.4, -0.2) is 74.1 Å². The Hall–Kier alpha value is -3.21. The number of piperazine rings is 1.